The van der Waals surface area contributed by atoms with E-state index in [-0.39, 0.29) is 0 Å². The summed E-state index contributed by atoms with van der Waals surface area (Å²) in [6.07, 6.45) is 1.67. The Morgan fingerprint density at radius 1 is 1.38 bits per heavy atom. The monoisotopic (exact) mass is 317 g/mol. The summed E-state index contributed by atoms with van der Waals surface area (Å²) >= 11 is 10.7. The van der Waals surface area contributed by atoms with E-state index in [4.69, 9.17) is 11.6 Å². The smallest absolute Gasteiger partial charge is 0.129 e. The first-order valence-corrected chi connectivity index (χ1v) is 6.67. The molecule has 0 saturated heterocycles. The molecule has 5 heteroatoms. The van der Waals surface area contributed by atoms with Gasteiger partial charge in [-0.1, -0.05) is 17.7 Å². The van der Waals surface area contributed by atoms with Crippen molar-refractivity contribution in [2.24, 2.45) is 0 Å². The van der Waals surface area contributed by atoms with Crippen molar-refractivity contribution in [1.82, 2.24) is 4.98 Å². The standard InChI is InChI=1S/C11H9BrClNOS/c12-10-3-2-8(16-10)5-9(15)7-1-4-11(13)14-6-7/h1-4,6,9,15H,5H2. The van der Waals surface area contributed by atoms with Crippen molar-refractivity contribution < 1.29 is 5.11 Å². The summed E-state index contributed by atoms with van der Waals surface area (Å²) in [5, 5.41) is 10.4. The number of halogens is 2. The maximum atomic E-state index is 9.98. The average molecular weight is 319 g/mol. The molecular formula is C11H9BrClNOS. The molecule has 0 aromatic carbocycles. The SMILES string of the molecule is OC(Cc1ccc(Br)s1)c1ccc(Cl)nc1. The van der Waals surface area contributed by atoms with Crippen molar-refractivity contribution in [2.75, 3.05) is 0 Å². The first kappa shape index (κ1) is 12.0. The van der Waals surface area contributed by atoms with E-state index in [1.165, 1.54) is 0 Å². The van der Waals surface area contributed by atoms with Gasteiger partial charge in [-0.2, -0.15) is 0 Å². The molecule has 0 saturated carbocycles. The summed E-state index contributed by atoms with van der Waals surface area (Å²) in [6, 6.07) is 7.46. The molecule has 2 aromatic rings. The van der Waals surface area contributed by atoms with E-state index in [1.807, 2.05) is 12.1 Å². The molecule has 2 nitrogen and oxygen atoms in total. The zero-order valence-electron chi connectivity index (χ0n) is 8.23. The van der Waals surface area contributed by atoms with Gasteiger partial charge in [0.05, 0.1) is 9.89 Å². The number of aliphatic hydroxyl groups excluding tert-OH is 1. The second kappa shape index (κ2) is 5.27. The highest BCUT2D eigenvalue weighted by Gasteiger charge is 2.10. The van der Waals surface area contributed by atoms with Crippen LogP contribution in [0.2, 0.25) is 5.15 Å². The normalized spacial score (nSPS) is 12.7. The van der Waals surface area contributed by atoms with Crippen molar-refractivity contribution >= 4 is 38.9 Å². The number of pyridine rings is 1. The van der Waals surface area contributed by atoms with Crippen molar-refractivity contribution in [3.05, 3.63) is 49.8 Å². The summed E-state index contributed by atoms with van der Waals surface area (Å²) in [4.78, 5) is 5.08. The topological polar surface area (TPSA) is 33.1 Å². The van der Waals surface area contributed by atoms with Crippen molar-refractivity contribution in [2.45, 2.75) is 12.5 Å². The molecule has 0 aliphatic carbocycles. The lowest BCUT2D eigenvalue weighted by Gasteiger charge is -2.08. The van der Waals surface area contributed by atoms with Crippen LogP contribution in [0.25, 0.3) is 0 Å². The second-order valence-electron chi connectivity index (χ2n) is 3.34. The fourth-order valence-electron chi connectivity index (χ4n) is 1.35. The Labute approximate surface area is 111 Å². The highest BCUT2D eigenvalue weighted by Crippen LogP contribution is 2.26. The van der Waals surface area contributed by atoms with E-state index in [1.54, 1.807) is 29.7 Å². The first-order valence-electron chi connectivity index (χ1n) is 4.69. The molecule has 0 amide bonds. The zero-order chi connectivity index (χ0) is 11.5. The molecule has 1 atom stereocenters. The number of aromatic nitrogens is 1. The van der Waals surface area contributed by atoms with Gasteiger partial charge in [-0.05, 0) is 39.7 Å². The molecule has 2 aromatic heterocycles. The number of nitrogens with zero attached hydrogens (tertiary/aromatic N) is 1. The molecule has 0 bridgehead atoms. The summed E-state index contributed by atoms with van der Waals surface area (Å²) in [5.41, 5.74) is 0.786. The minimum atomic E-state index is -0.532. The van der Waals surface area contributed by atoms with Gasteiger partial charge in [-0.3, -0.25) is 0 Å². The van der Waals surface area contributed by atoms with Crippen LogP contribution in [0.1, 0.15) is 16.5 Å². The van der Waals surface area contributed by atoms with Crippen LogP contribution in [0.15, 0.2) is 34.2 Å². The van der Waals surface area contributed by atoms with Gasteiger partial charge in [0.25, 0.3) is 0 Å². The lowest BCUT2D eigenvalue weighted by Crippen LogP contribution is -2.00. The maximum absolute atomic E-state index is 9.98. The van der Waals surface area contributed by atoms with Crippen LogP contribution < -0.4 is 0 Å². The number of aliphatic hydroxyl groups is 1. The van der Waals surface area contributed by atoms with Crippen LogP contribution in [-0.2, 0) is 6.42 Å². The summed E-state index contributed by atoms with van der Waals surface area (Å²) in [5.74, 6) is 0. The molecule has 84 valence electrons. The third-order valence-corrected chi connectivity index (χ3v) is 4.03. The predicted octanol–water partition coefficient (Wildman–Crippen LogP) is 3.84. The Morgan fingerprint density at radius 3 is 2.75 bits per heavy atom. The largest absolute Gasteiger partial charge is 0.388 e. The summed E-state index contributed by atoms with van der Waals surface area (Å²) in [7, 11) is 0. The molecule has 16 heavy (non-hydrogen) atoms. The van der Waals surface area contributed by atoms with Gasteiger partial charge in [0.15, 0.2) is 0 Å². The van der Waals surface area contributed by atoms with Gasteiger partial charge in [0.2, 0.25) is 0 Å². The first-order chi connectivity index (χ1) is 7.65. The molecule has 2 rings (SSSR count). The van der Waals surface area contributed by atoms with Crippen LogP contribution in [0, 0.1) is 0 Å². The molecule has 1 unspecified atom stereocenters. The molecule has 0 radical (unpaired) electrons. The van der Waals surface area contributed by atoms with E-state index in [0.717, 1.165) is 14.2 Å². The quantitative estimate of drug-likeness (QED) is 0.872. The molecule has 0 aliphatic rings. The average Bonchev–Trinajstić information content (AvgIpc) is 2.65. The van der Waals surface area contributed by atoms with E-state index >= 15 is 0 Å². The van der Waals surface area contributed by atoms with E-state index in [9.17, 15) is 5.11 Å². The lowest BCUT2D eigenvalue weighted by molar-refractivity contribution is 0.179. The molecule has 1 N–H and O–H groups in total. The third kappa shape index (κ3) is 3.04. The molecule has 0 spiro atoms. The Hall–Kier alpha value is -0.420. The second-order valence-corrected chi connectivity index (χ2v) is 6.27. The van der Waals surface area contributed by atoms with Crippen LogP contribution in [0.5, 0.6) is 0 Å². The fraction of sp³-hybridized carbons (Fsp3) is 0.182. The molecule has 0 aliphatic heterocycles. The van der Waals surface area contributed by atoms with Crippen LogP contribution in [0.3, 0.4) is 0 Å². The van der Waals surface area contributed by atoms with E-state index in [2.05, 4.69) is 20.9 Å². The number of rotatable bonds is 3. The minimum Gasteiger partial charge on any atom is -0.388 e. The number of hydrogen-bond donors (Lipinski definition) is 1. The van der Waals surface area contributed by atoms with Gasteiger partial charge in [-0.25, -0.2) is 4.98 Å². The summed E-state index contributed by atoms with van der Waals surface area (Å²) in [6.45, 7) is 0. The number of hydrogen-bond acceptors (Lipinski definition) is 3. The zero-order valence-corrected chi connectivity index (χ0v) is 11.4. The fourth-order valence-corrected chi connectivity index (χ4v) is 2.99. The highest BCUT2D eigenvalue weighted by molar-refractivity contribution is 9.11. The Morgan fingerprint density at radius 2 is 2.19 bits per heavy atom. The molecule has 0 fully saturated rings. The van der Waals surface area contributed by atoms with Crippen LogP contribution >= 0.6 is 38.9 Å². The maximum Gasteiger partial charge on any atom is 0.129 e. The van der Waals surface area contributed by atoms with Gasteiger partial charge < -0.3 is 5.11 Å². The molecule has 2 heterocycles. The van der Waals surface area contributed by atoms with E-state index in [0.29, 0.717) is 11.6 Å². The molecular weight excluding hydrogens is 310 g/mol. The van der Waals surface area contributed by atoms with Crippen molar-refractivity contribution in [3.63, 3.8) is 0 Å². The predicted molar refractivity (Wildman–Crippen MR) is 69.9 cm³/mol. The van der Waals surface area contributed by atoms with Crippen LogP contribution in [-0.4, -0.2) is 10.1 Å². The van der Waals surface area contributed by atoms with Crippen molar-refractivity contribution in [1.29, 1.82) is 0 Å². The lowest BCUT2D eigenvalue weighted by atomic mass is 10.1. The van der Waals surface area contributed by atoms with Crippen molar-refractivity contribution in [3.8, 4) is 0 Å². The van der Waals surface area contributed by atoms with E-state index < -0.39 is 6.10 Å². The van der Waals surface area contributed by atoms with Gasteiger partial charge >= 0.3 is 0 Å². The van der Waals surface area contributed by atoms with Gasteiger partial charge in [0, 0.05) is 17.5 Å². The van der Waals surface area contributed by atoms with Crippen LogP contribution in [0.4, 0.5) is 0 Å². The Balaban J connectivity index is 2.08. The van der Waals surface area contributed by atoms with Gasteiger partial charge in [-0.15, -0.1) is 11.3 Å². The summed E-state index contributed by atoms with van der Waals surface area (Å²) < 4.78 is 1.07. The Kier molecular flexibility index (Phi) is 3.97. The highest BCUT2D eigenvalue weighted by atomic mass is 79.9. The minimum absolute atomic E-state index is 0.440. The number of thiophene rings is 1. The van der Waals surface area contributed by atoms with Gasteiger partial charge in [0.1, 0.15) is 5.15 Å². The third-order valence-electron chi connectivity index (χ3n) is 2.16. The Bertz CT molecular complexity index is 471.